The standard InChI is InChI=1S/C19H21ClN4O/c1-25-19-11-18-16(17(20)4-5-21-18)10-15(19)14-12-22-24(13-14)9-8-23-6-2-3-7-23/h4-5,10-13H,2-3,6-9H2,1H3. The van der Waals surface area contributed by atoms with Gasteiger partial charge in [-0.2, -0.15) is 5.10 Å². The average Bonchev–Trinajstić information content (AvgIpc) is 3.31. The summed E-state index contributed by atoms with van der Waals surface area (Å²) >= 11 is 6.33. The van der Waals surface area contributed by atoms with Gasteiger partial charge in [0.2, 0.25) is 0 Å². The van der Waals surface area contributed by atoms with Gasteiger partial charge in [-0.3, -0.25) is 9.67 Å². The molecule has 1 aliphatic heterocycles. The van der Waals surface area contributed by atoms with Crippen molar-refractivity contribution in [2.75, 3.05) is 26.7 Å². The number of hydrogen-bond acceptors (Lipinski definition) is 4. The van der Waals surface area contributed by atoms with Crippen molar-refractivity contribution in [1.82, 2.24) is 19.7 Å². The molecule has 130 valence electrons. The molecule has 0 aliphatic carbocycles. The highest BCUT2D eigenvalue weighted by molar-refractivity contribution is 6.35. The molecule has 0 spiro atoms. The van der Waals surface area contributed by atoms with Crippen molar-refractivity contribution in [3.05, 3.63) is 41.8 Å². The summed E-state index contributed by atoms with van der Waals surface area (Å²) in [5.74, 6) is 0.779. The van der Waals surface area contributed by atoms with E-state index in [-0.39, 0.29) is 0 Å². The second kappa shape index (κ2) is 7.02. The summed E-state index contributed by atoms with van der Waals surface area (Å²) in [6.45, 7) is 4.36. The molecule has 1 aliphatic rings. The normalized spacial score (nSPS) is 15.1. The van der Waals surface area contributed by atoms with E-state index < -0.39 is 0 Å². The molecule has 1 aromatic carbocycles. The quantitative estimate of drug-likeness (QED) is 0.696. The van der Waals surface area contributed by atoms with Gasteiger partial charge in [-0.15, -0.1) is 0 Å². The SMILES string of the molecule is COc1cc2nccc(Cl)c2cc1-c1cnn(CCN2CCCC2)c1. The highest BCUT2D eigenvalue weighted by Crippen LogP contribution is 2.35. The van der Waals surface area contributed by atoms with Gasteiger partial charge >= 0.3 is 0 Å². The summed E-state index contributed by atoms with van der Waals surface area (Å²) in [6.07, 6.45) is 8.29. The van der Waals surface area contributed by atoms with Crippen molar-refractivity contribution in [1.29, 1.82) is 0 Å². The molecular weight excluding hydrogens is 336 g/mol. The van der Waals surface area contributed by atoms with Gasteiger partial charge in [0.15, 0.2) is 0 Å². The Hall–Kier alpha value is -2.11. The van der Waals surface area contributed by atoms with E-state index in [2.05, 4.69) is 21.2 Å². The molecule has 0 bridgehead atoms. The van der Waals surface area contributed by atoms with E-state index in [1.807, 2.05) is 23.0 Å². The lowest BCUT2D eigenvalue weighted by atomic mass is 10.0. The molecule has 25 heavy (non-hydrogen) atoms. The van der Waals surface area contributed by atoms with Crippen LogP contribution in [0.2, 0.25) is 5.02 Å². The smallest absolute Gasteiger partial charge is 0.128 e. The Balaban J connectivity index is 1.63. The largest absolute Gasteiger partial charge is 0.496 e. The van der Waals surface area contributed by atoms with Gasteiger partial charge in [0.1, 0.15) is 5.75 Å². The van der Waals surface area contributed by atoms with Crippen LogP contribution in [0, 0.1) is 0 Å². The van der Waals surface area contributed by atoms with E-state index in [0.717, 1.165) is 40.9 Å². The number of nitrogens with zero attached hydrogens (tertiary/aromatic N) is 4. The van der Waals surface area contributed by atoms with Crippen LogP contribution in [0.25, 0.3) is 22.0 Å². The minimum Gasteiger partial charge on any atom is -0.496 e. The Kier molecular flexibility index (Phi) is 4.59. The van der Waals surface area contributed by atoms with Crippen molar-refractivity contribution < 1.29 is 4.74 Å². The second-order valence-electron chi connectivity index (χ2n) is 6.40. The van der Waals surface area contributed by atoms with Crippen molar-refractivity contribution >= 4 is 22.5 Å². The maximum absolute atomic E-state index is 6.33. The highest BCUT2D eigenvalue weighted by Gasteiger charge is 2.14. The van der Waals surface area contributed by atoms with Crippen molar-refractivity contribution in [2.24, 2.45) is 0 Å². The Morgan fingerprint density at radius 1 is 1.20 bits per heavy atom. The molecule has 6 heteroatoms. The maximum atomic E-state index is 6.33. The van der Waals surface area contributed by atoms with E-state index in [1.54, 1.807) is 19.4 Å². The van der Waals surface area contributed by atoms with Gasteiger partial charge in [0.25, 0.3) is 0 Å². The monoisotopic (exact) mass is 356 g/mol. The molecule has 0 unspecified atom stereocenters. The molecule has 5 nitrogen and oxygen atoms in total. The Morgan fingerprint density at radius 2 is 2.04 bits per heavy atom. The Bertz CT molecular complexity index is 886. The minimum absolute atomic E-state index is 0.690. The van der Waals surface area contributed by atoms with E-state index >= 15 is 0 Å². The lowest BCUT2D eigenvalue weighted by molar-refractivity contribution is 0.316. The van der Waals surface area contributed by atoms with E-state index in [4.69, 9.17) is 16.3 Å². The average molecular weight is 357 g/mol. The number of likely N-dealkylation sites (tertiary alicyclic amines) is 1. The first-order chi connectivity index (χ1) is 12.2. The van der Waals surface area contributed by atoms with Crippen LogP contribution < -0.4 is 4.74 Å². The predicted octanol–water partition coefficient (Wildman–Crippen LogP) is 3.86. The number of pyridine rings is 1. The van der Waals surface area contributed by atoms with Crippen LogP contribution in [-0.4, -0.2) is 46.4 Å². The van der Waals surface area contributed by atoms with Gasteiger partial charge in [-0.1, -0.05) is 11.6 Å². The Morgan fingerprint density at radius 3 is 2.84 bits per heavy atom. The molecule has 1 fully saturated rings. The third kappa shape index (κ3) is 3.34. The highest BCUT2D eigenvalue weighted by atomic mass is 35.5. The molecular formula is C19H21ClN4O. The molecule has 0 saturated carbocycles. The van der Waals surface area contributed by atoms with Crippen LogP contribution in [0.3, 0.4) is 0 Å². The van der Waals surface area contributed by atoms with E-state index in [9.17, 15) is 0 Å². The first-order valence-corrected chi connectivity index (χ1v) is 9.00. The third-order valence-electron chi connectivity index (χ3n) is 4.80. The number of rotatable bonds is 5. The zero-order chi connectivity index (χ0) is 17.2. The summed E-state index contributed by atoms with van der Waals surface area (Å²) in [5, 5.41) is 6.13. The first kappa shape index (κ1) is 16.4. The van der Waals surface area contributed by atoms with Crippen molar-refractivity contribution in [3.63, 3.8) is 0 Å². The van der Waals surface area contributed by atoms with Crippen molar-refractivity contribution in [2.45, 2.75) is 19.4 Å². The molecule has 2 aromatic heterocycles. The Labute approximate surface area is 152 Å². The number of benzene rings is 1. The van der Waals surface area contributed by atoms with E-state index in [0.29, 0.717) is 5.02 Å². The van der Waals surface area contributed by atoms with Crippen LogP contribution in [0.4, 0.5) is 0 Å². The predicted molar refractivity (Wildman–Crippen MR) is 100 cm³/mol. The summed E-state index contributed by atoms with van der Waals surface area (Å²) in [6, 6.07) is 5.77. The van der Waals surface area contributed by atoms with Gasteiger partial charge in [0.05, 0.1) is 30.4 Å². The number of ether oxygens (including phenoxy) is 1. The fourth-order valence-corrected chi connectivity index (χ4v) is 3.62. The van der Waals surface area contributed by atoms with Crippen LogP contribution in [-0.2, 0) is 6.54 Å². The number of hydrogen-bond donors (Lipinski definition) is 0. The summed E-state index contributed by atoms with van der Waals surface area (Å²) < 4.78 is 7.57. The molecule has 0 N–H and O–H groups in total. The summed E-state index contributed by atoms with van der Waals surface area (Å²) in [5.41, 5.74) is 2.84. The lowest BCUT2D eigenvalue weighted by Gasteiger charge is -2.13. The van der Waals surface area contributed by atoms with Crippen LogP contribution >= 0.6 is 11.6 Å². The van der Waals surface area contributed by atoms with Crippen LogP contribution in [0.5, 0.6) is 5.75 Å². The van der Waals surface area contributed by atoms with Crippen LogP contribution in [0.15, 0.2) is 36.8 Å². The molecule has 0 amide bonds. The molecule has 1 saturated heterocycles. The number of methoxy groups -OCH3 is 1. The van der Waals surface area contributed by atoms with Crippen molar-refractivity contribution in [3.8, 4) is 16.9 Å². The molecule has 4 rings (SSSR count). The van der Waals surface area contributed by atoms with Gasteiger partial charge in [-0.05, 0) is 38.1 Å². The molecule has 0 atom stereocenters. The zero-order valence-corrected chi connectivity index (χ0v) is 15.0. The minimum atomic E-state index is 0.690. The first-order valence-electron chi connectivity index (χ1n) is 8.62. The summed E-state index contributed by atoms with van der Waals surface area (Å²) in [4.78, 5) is 6.86. The van der Waals surface area contributed by atoms with Gasteiger partial charge < -0.3 is 9.64 Å². The summed E-state index contributed by atoms with van der Waals surface area (Å²) in [7, 11) is 1.67. The fourth-order valence-electron chi connectivity index (χ4n) is 3.41. The number of aromatic nitrogens is 3. The zero-order valence-electron chi connectivity index (χ0n) is 14.3. The fraction of sp³-hybridized carbons (Fsp3) is 0.368. The molecule has 3 heterocycles. The third-order valence-corrected chi connectivity index (χ3v) is 5.13. The number of halogens is 1. The van der Waals surface area contributed by atoms with E-state index in [1.165, 1.54) is 25.9 Å². The topological polar surface area (TPSA) is 43.2 Å². The lowest BCUT2D eigenvalue weighted by Crippen LogP contribution is -2.24. The maximum Gasteiger partial charge on any atom is 0.128 e. The second-order valence-corrected chi connectivity index (χ2v) is 6.81. The molecule has 3 aromatic rings. The molecule has 0 radical (unpaired) electrons. The van der Waals surface area contributed by atoms with Gasteiger partial charge in [-0.25, -0.2) is 0 Å². The van der Waals surface area contributed by atoms with Gasteiger partial charge in [0, 0.05) is 41.5 Å². The number of fused-ring (bicyclic) bond motifs is 1. The van der Waals surface area contributed by atoms with Crippen LogP contribution in [0.1, 0.15) is 12.8 Å².